The van der Waals surface area contributed by atoms with Gasteiger partial charge in [-0.1, -0.05) is 125 Å². The zero-order chi connectivity index (χ0) is 38.5. The molecule has 0 aromatic heterocycles. The Hall–Kier alpha value is -3.34. The Morgan fingerprint density at radius 3 is 1.62 bits per heavy atom. The van der Waals surface area contributed by atoms with E-state index in [0.29, 0.717) is 19.3 Å². The lowest BCUT2D eigenvalue weighted by Crippen LogP contribution is -2.43. The molecule has 11 nitrogen and oxygen atoms in total. The number of phosphoric acid groups is 1. The first-order valence-electron chi connectivity index (χ1n) is 18.6. The maximum Gasteiger partial charge on any atom is 0.472 e. The summed E-state index contributed by atoms with van der Waals surface area (Å²) < 4.78 is 26.5. The number of rotatable bonds is 33. The number of carbonyl (C=O) groups excluding carboxylic acids is 2. The second kappa shape index (κ2) is 34.7. The van der Waals surface area contributed by atoms with E-state index in [1.54, 1.807) is 0 Å². The van der Waals surface area contributed by atoms with E-state index in [-0.39, 0.29) is 12.8 Å². The first-order chi connectivity index (χ1) is 25.1. The molecule has 0 bridgehead atoms. The van der Waals surface area contributed by atoms with E-state index in [1.807, 2.05) is 12.2 Å². The second-order valence-corrected chi connectivity index (χ2v) is 13.5. The fraction of sp³-hybridized carbons (Fsp3) is 0.575. The summed E-state index contributed by atoms with van der Waals surface area (Å²) in [6.45, 7) is 2.24. The lowest BCUT2D eigenvalue weighted by atomic mass is 10.1. The number of carboxylic acid groups (broad SMARTS) is 1. The summed E-state index contributed by atoms with van der Waals surface area (Å²) in [6, 6.07) is -1.55. The largest absolute Gasteiger partial charge is 0.480 e. The highest BCUT2D eigenvalue weighted by Crippen LogP contribution is 2.43. The van der Waals surface area contributed by atoms with Gasteiger partial charge in [0.2, 0.25) is 5.91 Å². The molecule has 0 radical (unpaired) electrons. The van der Waals surface area contributed by atoms with Gasteiger partial charge < -0.3 is 25.2 Å². The van der Waals surface area contributed by atoms with E-state index in [2.05, 4.69) is 96.6 Å². The minimum Gasteiger partial charge on any atom is -0.480 e. The molecule has 52 heavy (non-hydrogen) atoms. The van der Waals surface area contributed by atoms with E-state index in [1.165, 1.54) is 0 Å². The number of carbonyl (C=O) groups is 3. The normalized spacial score (nSPS) is 14.8. The number of ether oxygens (including phenoxy) is 1. The molecule has 3 unspecified atom stereocenters. The monoisotopic (exact) mass is 749 g/mol. The number of unbranched alkanes of at least 4 members (excludes halogenated alkanes) is 5. The molecule has 0 aliphatic carbocycles. The van der Waals surface area contributed by atoms with Gasteiger partial charge in [-0.15, -0.1) is 0 Å². The molecule has 294 valence electrons. The van der Waals surface area contributed by atoms with Crippen LogP contribution in [0.5, 0.6) is 0 Å². The van der Waals surface area contributed by atoms with Crippen molar-refractivity contribution >= 4 is 25.7 Å². The van der Waals surface area contributed by atoms with Gasteiger partial charge in [0.05, 0.1) is 13.2 Å². The predicted molar refractivity (Wildman–Crippen MR) is 207 cm³/mol. The molecule has 0 fully saturated rings. The van der Waals surface area contributed by atoms with Crippen molar-refractivity contribution in [1.29, 1.82) is 0 Å². The minimum atomic E-state index is -4.76. The van der Waals surface area contributed by atoms with E-state index < -0.39 is 57.6 Å². The zero-order valence-corrected chi connectivity index (χ0v) is 32.2. The summed E-state index contributed by atoms with van der Waals surface area (Å²) in [7, 11) is -4.76. The average Bonchev–Trinajstić information content (AvgIpc) is 3.11. The maximum atomic E-state index is 12.1. The van der Waals surface area contributed by atoms with Crippen molar-refractivity contribution in [1.82, 2.24) is 5.32 Å². The molecule has 0 spiro atoms. The van der Waals surface area contributed by atoms with Gasteiger partial charge in [-0.25, -0.2) is 9.36 Å². The van der Waals surface area contributed by atoms with Gasteiger partial charge in [-0.2, -0.15) is 0 Å². The van der Waals surface area contributed by atoms with Crippen molar-refractivity contribution in [3.63, 3.8) is 0 Å². The SMILES string of the molecule is CC/C=C\C/C=C\C/C=C\C/C=C\C/C=C\C/C=C\C/C=C\CCCC(=O)OCC(O)COP(=O)(O)OCC(NC(=O)CCCCCCC)C(=O)O. The molecule has 1 amide bonds. The van der Waals surface area contributed by atoms with E-state index in [0.717, 1.165) is 70.6 Å². The van der Waals surface area contributed by atoms with Crippen LogP contribution in [-0.4, -0.2) is 64.9 Å². The second-order valence-electron chi connectivity index (χ2n) is 12.0. The van der Waals surface area contributed by atoms with Crippen LogP contribution < -0.4 is 5.32 Å². The van der Waals surface area contributed by atoms with Gasteiger partial charge >= 0.3 is 19.8 Å². The van der Waals surface area contributed by atoms with Crippen LogP contribution in [0.15, 0.2) is 85.1 Å². The first kappa shape index (κ1) is 48.7. The smallest absolute Gasteiger partial charge is 0.472 e. The first-order valence-corrected chi connectivity index (χ1v) is 20.1. The number of hydrogen-bond donors (Lipinski definition) is 4. The number of aliphatic hydroxyl groups is 1. The molecule has 12 heteroatoms. The molecule has 0 aliphatic rings. The molecule has 0 saturated carbocycles. The van der Waals surface area contributed by atoms with Gasteiger partial charge in [0.1, 0.15) is 12.7 Å². The zero-order valence-electron chi connectivity index (χ0n) is 31.3. The van der Waals surface area contributed by atoms with Crippen molar-refractivity contribution in [2.75, 3.05) is 19.8 Å². The van der Waals surface area contributed by atoms with Crippen LogP contribution >= 0.6 is 7.82 Å². The van der Waals surface area contributed by atoms with Gasteiger partial charge in [-0.05, 0) is 64.2 Å². The number of allylic oxidation sites excluding steroid dienone is 14. The Balaban J connectivity index is 3.99. The molecular formula is C40H64NO10P. The topological polar surface area (TPSA) is 169 Å². The lowest BCUT2D eigenvalue weighted by molar-refractivity contribution is -0.147. The Labute approximate surface area is 311 Å². The number of phosphoric ester groups is 1. The number of hydrogen-bond acceptors (Lipinski definition) is 8. The number of carboxylic acids is 1. The van der Waals surface area contributed by atoms with E-state index in [9.17, 15) is 34.1 Å². The van der Waals surface area contributed by atoms with Crippen molar-refractivity contribution in [3.05, 3.63) is 85.1 Å². The fourth-order valence-corrected chi connectivity index (χ4v) is 5.07. The number of nitrogens with one attached hydrogen (secondary N) is 1. The molecule has 0 saturated heterocycles. The highest BCUT2D eigenvalue weighted by atomic mass is 31.2. The highest BCUT2D eigenvalue weighted by Gasteiger charge is 2.28. The van der Waals surface area contributed by atoms with Crippen LogP contribution in [-0.2, 0) is 32.7 Å². The predicted octanol–water partition coefficient (Wildman–Crippen LogP) is 8.77. The van der Waals surface area contributed by atoms with Crippen LogP contribution in [0.25, 0.3) is 0 Å². The van der Waals surface area contributed by atoms with Crippen LogP contribution in [0.2, 0.25) is 0 Å². The summed E-state index contributed by atoms with van der Waals surface area (Å²) >= 11 is 0. The summed E-state index contributed by atoms with van der Waals surface area (Å²) in [5.74, 6) is -2.47. The fourth-order valence-electron chi connectivity index (χ4n) is 4.30. The molecule has 0 heterocycles. The molecule has 3 atom stereocenters. The third kappa shape index (κ3) is 33.8. The maximum absolute atomic E-state index is 12.1. The summed E-state index contributed by atoms with van der Waals surface area (Å²) in [4.78, 5) is 45.3. The molecule has 0 aromatic carbocycles. The number of esters is 1. The van der Waals surface area contributed by atoms with Crippen molar-refractivity contribution in [2.24, 2.45) is 0 Å². The summed E-state index contributed by atoms with van der Waals surface area (Å²) in [5.41, 5.74) is 0. The van der Waals surface area contributed by atoms with E-state index in [4.69, 9.17) is 9.26 Å². The Morgan fingerprint density at radius 1 is 0.635 bits per heavy atom. The summed E-state index contributed by atoms with van der Waals surface area (Å²) in [5, 5.41) is 21.5. The van der Waals surface area contributed by atoms with Gasteiger partial charge in [0, 0.05) is 12.8 Å². The Bertz CT molecular complexity index is 1200. The Morgan fingerprint density at radius 2 is 1.12 bits per heavy atom. The number of aliphatic carboxylic acids is 1. The van der Waals surface area contributed by atoms with Crippen LogP contribution in [0.1, 0.15) is 117 Å². The van der Waals surface area contributed by atoms with Crippen LogP contribution in [0.4, 0.5) is 0 Å². The highest BCUT2D eigenvalue weighted by molar-refractivity contribution is 7.47. The average molecular weight is 750 g/mol. The van der Waals surface area contributed by atoms with Gasteiger partial charge in [-0.3, -0.25) is 18.6 Å². The van der Waals surface area contributed by atoms with Crippen molar-refractivity contribution in [3.8, 4) is 0 Å². The lowest BCUT2D eigenvalue weighted by Gasteiger charge is -2.18. The molecule has 0 rings (SSSR count). The van der Waals surface area contributed by atoms with Crippen molar-refractivity contribution < 1.29 is 47.8 Å². The quantitative estimate of drug-likeness (QED) is 0.0220. The Kier molecular flexibility index (Phi) is 32.5. The van der Waals surface area contributed by atoms with Crippen molar-refractivity contribution in [2.45, 2.75) is 129 Å². The summed E-state index contributed by atoms with van der Waals surface area (Å²) in [6.07, 6.45) is 41.2. The standard InChI is InChI=1S/C40H64NO10P/c1-3-5-7-9-10-11-12-13-14-15-16-17-18-19-20-21-22-23-24-25-26-28-30-32-39(44)49-33-36(42)34-50-52(47,48)51-35-37(40(45)46)41-38(43)31-29-27-8-6-4-2/h5,7,10-11,13-14,16-17,19-20,22-23,25-26,36-37,42H,3-4,6,8-9,12,15,18,21,24,27-35H2,1-2H3,(H,41,43)(H,45,46)(H,47,48)/b7-5-,11-10-,14-13-,17-16-,20-19-,23-22-,26-25-. The van der Waals surface area contributed by atoms with Crippen LogP contribution in [0, 0.1) is 0 Å². The number of aliphatic hydroxyl groups excluding tert-OH is 1. The van der Waals surface area contributed by atoms with E-state index >= 15 is 0 Å². The van der Waals surface area contributed by atoms with Crippen LogP contribution in [0.3, 0.4) is 0 Å². The molecule has 0 aliphatic heterocycles. The third-order valence-corrected chi connectivity index (χ3v) is 8.15. The molecular weight excluding hydrogens is 685 g/mol. The molecule has 0 aromatic rings. The molecule has 4 N–H and O–H groups in total. The third-order valence-electron chi connectivity index (χ3n) is 7.20. The minimum absolute atomic E-state index is 0.132. The number of amides is 1. The van der Waals surface area contributed by atoms with Gasteiger partial charge in [0.25, 0.3) is 0 Å². The van der Waals surface area contributed by atoms with Gasteiger partial charge in [0.15, 0.2) is 6.04 Å².